The number of hydrogen-bond acceptors (Lipinski definition) is 3. The van der Waals surface area contributed by atoms with Crippen molar-refractivity contribution in [2.45, 2.75) is 57.5 Å². The van der Waals surface area contributed by atoms with Crippen LogP contribution in [0, 0.1) is 12.7 Å². The molecule has 4 nitrogen and oxygen atoms in total. The first-order valence-corrected chi connectivity index (χ1v) is 10.0. The van der Waals surface area contributed by atoms with Gasteiger partial charge in [-0.05, 0) is 37.5 Å². The average Bonchev–Trinajstić information content (AvgIpc) is 2.92. The van der Waals surface area contributed by atoms with Crippen LogP contribution in [-0.2, 0) is 4.79 Å². The van der Waals surface area contributed by atoms with E-state index in [4.69, 9.17) is 4.99 Å². The Hall–Kier alpha value is -1.56. The van der Waals surface area contributed by atoms with Crippen LogP contribution >= 0.6 is 11.8 Å². The van der Waals surface area contributed by atoms with E-state index >= 15 is 0 Å². The Bertz CT molecular complexity index is 658. The Balaban J connectivity index is 1.54. The maximum Gasteiger partial charge on any atom is 0.226 e. The number of carbonyl (C=O) groups is 1. The quantitative estimate of drug-likeness (QED) is 0.872. The highest BCUT2D eigenvalue weighted by Crippen LogP contribution is 2.28. The third-order valence-corrected chi connectivity index (χ3v) is 6.20. The minimum atomic E-state index is -0.298. The van der Waals surface area contributed by atoms with E-state index < -0.39 is 0 Å². The number of amides is 1. The summed E-state index contributed by atoms with van der Waals surface area (Å²) in [6.45, 7) is 1.71. The van der Waals surface area contributed by atoms with E-state index in [1.165, 1.54) is 38.2 Å². The number of nitrogens with zero attached hydrogens (tertiary/aromatic N) is 2. The maximum atomic E-state index is 13.6. The predicted molar refractivity (Wildman–Crippen MR) is 103 cm³/mol. The number of aliphatic imine (C=N–C) groups is 1. The molecule has 1 saturated heterocycles. The zero-order valence-corrected chi connectivity index (χ0v) is 15.7. The van der Waals surface area contributed by atoms with E-state index in [-0.39, 0.29) is 17.8 Å². The molecule has 1 unspecified atom stereocenters. The van der Waals surface area contributed by atoms with Crippen molar-refractivity contribution in [1.29, 1.82) is 0 Å². The molecule has 1 heterocycles. The van der Waals surface area contributed by atoms with Crippen LogP contribution in [0.3, 0.4) is 0 Å². The molecule has 1 aromatic carbocycles. The first kappa shape index (κ1) is 18.2. The molecule has 0 bridgehead atoms. The molecule has 1 aliphatic heterocycles. The van der Waals surface area contributed by atoms with E-state index in [1.807, 2.05) is 7.05 Å². The van der Waals surface area contributed by atoms with Gasteiger partial charge in [-0.3, -0.25) is 9.79 Å². The molecule has 1 N–H and O–H groups in total. The van der Waals surface area contributed by atoms with Crippen molar-refractivity contribution in [3.63, 3.8) is 0 Å². The van der Waals surface area contributed by atoms with Crippen LogP contribution in [-0.4, -0.2) is 40.9 Å². The fraction of sp³-hybridized carbons (Fsp3) is 0.579. The fourth-order valence-electron chi connectivity index (χ4n) is 3.33. The molecule has 1 amide bonds. The molecule has 136 valence electrons. The van der Waals surface area contributed by atoms with Crippen molar-refractivity contribution in [3.8, 4) is 0 Å². The van der Waals surface area contributed by atoms with Gasteiger partial charge in [0.15, 0.2) is 5.17 Å². The number of rotatable bonds is 4. The molecule has 0 radical (unpaired) electrons. The summed E-state index contributed by atoms with van der Waals surface area (Å²) in [7, 11) is 2.02. The Kier molecular flexibility index (Phi) is 5.99. The van der Waals surface area contributed by atoms with Gasteiger partial charge < -0.3 is 10.2 Å². The van der Waals surface area contributed by atoms with E-state index in [1.54, 1.807) is 30.8 Å². The van der Waals surface area contributed by atoms with Crippen molar-refractivity contribution in [2.24, 2.45) is 4.99 Å². The standard InChI is InChI=1S/C19H26FN3OS/c1-13-8-9-15(10-17(13)20)21-18(24)11-16-12-25-19(23(16)2)22-14-6-4-3-5-7-14/h8-10,14,16H,3-7,11-12H2,1-2H3,(H,21,24). The van der Waals surface area contributed by atoms with Crippen molar-refractivity contribution < 1.29 is 9.18 Å². The minimum absolute atomic E-state index is 0.0837. The van der Waals surface area contributed by atoms with Crippen molar-refractivity contribution in [1.82, 2.24) is 4.90 Å². The summed E-state index contributed by atoms with van der Waals surface area (Å²) in [5, 5.41) is 3.86. The Labute approximate surface area is 153 Å². The summed E-state index contributed by atoms with van der Waals surface area (Å²) >= 11 is 1.74. The van der Waals surface area contributed by atoms with Crippen LogP contribution in [0.5, 0.6) is 0 Å². The first-order valence-electron chi connectivity index (χ1n) is 9.02. The second-order valence-electron chi connectivity index (χ2n) is 7.00. The van der Waals surface area contributed by atoms with E-state index in [0.717, 1.165) is 10.9 Å². The number of nitrogens with one attached hydrogen (secondary N) is 1. The normalized spacial score (nSPS) is 23.2. The van der Waals surface area contributed by atoms with Crippen molar-refractivity contribution >= 4 is 28.5 Å². The maximum absolute atomic E-state index is 13.6. The van der Waals surface area contributed by atoms with Crippen LogP contribution in [0.1, 0.15) is 44.1 Å². The van der Waals surface area contributed by atoms with Gasteiger partial charge >= 0.3 is 0 Å². The Morgan fingerprint density at radius 1 is 1.36 bits per heavy atom. The number of amidine groups is 1. The van der Waals surface area contributed by atoms with E-state index in [9.17, 15) is 9.18 Å². The number of hydrogen-bond donors (Lipinski definition) is 1. The molecule has 2 fully saturated rings. The highest BCUT2D eigenvalue weighted by Gasteiger charge is 2.29. The second-order valence-corrected chi connectivity index (χ2v) is 7.98. The van der Waals surface area contributed by atoms with Crippen LogP contribution < -0.4 is 5.32 Å². The van der Waals surface area contributed by atoms with Gasteiger partial charge in [0.1, 0.15) is 5.82 Å². The van der Waals surface area contributed by atoms with E-state index in [2.05, 4.69) is 10.2 Å². The van der Waals surface area contributed by atoms with Gasteiger partial charge in [-0.15, -0.1) is 0 Å². The summed E-state index contributed by atoms with van der Waals surface area (Å²) in [5.41, 5.74) is 1.09. The molecule has 25 heavy (non-hydrogen) atoms. The largest absolute Gasteiger partial charge is 0.350 e. The molecule has 1 aliphatic carbocycles. The summed E-state index contributed by atoms with van der Waals surface area (Å²) in [6.07, 6.45) is 6.63. The first-order chi connectivity index (χ1) is 12.0. The number of benzene rings is 1. The summed E-state index contributed by atoms with van der Waals surface area (Å²) < 4.78 is 13.6. The van der Waals surface area contributed by atoms with Crippen LogP contribution in [0.2, 0.25) is 0 Å². The Morgan fingerprint density at radius 2 is 2.12 bits per heavy atom. The topological polar surface area (TPSA) is 44.7 Å². The van der Waals surface area contributed by atoms with Gasteiger partial charge in [-0.2, -0.15) is 0 Å². The smallest absolute Gasteiger partial charge is 0.226 e. The predicted octanol–water partition coefficient (Wildman–Crippen LogP) is 4.20. The molecule has 1 saturated carbocycles. The highest BCUT2D eigenvalue weighted by atomic mass is 32.2. The van der Waals surface area contributed by atoms with Gasteiger partial charge in [0.05, 0.1) is 6.04 Å². The molecular weight excluding hydrogens is 337 g/mol. The summed E-state index contributed by atoms with van der Waals surface area (Å²) in [4.78, 5) is 19.3. The number of carbonyl (C=O) groups excluding carboxylic acids is 1. The van der Waals surface area contributed by atoms with Gasteiger partial charge in [0.2, 0.25) is 5.91 Å². The lowest BCUT2D eigenvalue weighted by molar-refractivity contribution is -0.116. The summed E-state index contributed by atoms with van der Waals surface area (Å²) in [5.74, 6) is 0.491. The lowest BCUT2D eigenvalue weighted by Gasteiger charge is -2.23. The second kappa shape index (κ2) is 8.21. The van der Waals surface area contributed by atoms with Gasteiger partial charge in [-0.1, -0.05) is 37.1 Å². The molecule has 0 aromatic heterocycles. The summed E-state index contributed by atoms with van der Waals surface area (Å²) in [6, 6.07) is 5.37. The zero-order chi connectivity index (χ0) is 17.8. The lowest BCUT2D eigenvalue weighted by Crippen LogP contribution is -2.34. The number of aryl methyl sites for hydroxylation is 1. The number of anilines is 1. The highest BCUT2D eigenvalue weighted by molar-refractivity contribution is 8.14. The zero-order valence-electron chi connectivity index (χ0n) is 14.9. The van der Waals surface area contributed by atoms with Gasteiger partial charge in [-0.25, -0.2) is 4.39 Å². The lowest BCUT2D eigenvalue weighted by atomic mass is 9.96. The minimum Gasteiger partial charge on any atom is -0.350 e. The average molecular weight is 364 g/mol. The molecule has 0 spiro atoms. The molecule has 3 rings (SSSR count). The van der Waals surface area contributed by atoms with Gasteiger partial charge in [0.25, 0.3) is 0 Å². The molecular formula is C19H26FN3OS. The fourth-order valence-corrected chi connectivity index (χ4v) is 4.59. The van der Waals surface area contributed by atoms with E-state index in [0.29, 0.717) is 23.7 Å². The Morgan fingerprint density at radius 3 is 2.84 bits per heavy atom. The third kappa shape index (κ3) is 4.75. The van der Waals surface area contributed by atoms with Gasteiger partial charge in [0, 0.05) is 31.0 Å². The molecule has 2 aliphatic rings. The number of thioether (sulfide) groups is 1. The van der Waals surface area contributed by atoms with Crippen LogP contribution in [0.25, 0.3) is 0 Å². The SMILES string of the molecule is Cc1ccc(NC(=O)CC2CSC(=NC3CCCCC3)N2C)cc1F. The monoisotopic (exact) mass is 363 g/mol. The van der Waals surface area contributed by atoms with Crippen molar-refractivity contribution in [3.05, 3.63) is 29.6 Å². The molecule has 6 heteroatoms. The number of halogens is 1. The van der Waals surface area contributed by atoms with Crippen LogP contribution in [0.4, 0.5) is 10.1 Å². The van der Waals surface area contributed by atoms with Crippen LogP contribution in [0.15, 0.2) is 23.2 Å². The molecule has 1 atom stereocenters. The third-order valence-electron chi connectivity index (χ3n) is 5.00. The van der Waals surface area contributed by atoms with Crippen molar-refractivity contribution in [2.75, 3.05) is 18.1 Å². The molecule has 1 aromatic rings.